The molecule has 0 aromatic heterocycles. The van der Waals surface area contributed by atoms with Gasteiger partial charge in [0.2, 0.25) is 5.91 Å². The van der Waals surface area contributed by atoms with Crippen molar-refractivity contribution in [2.75, 3.05) is 11.9 Å². The molecule has 1 aromatic rings. The summed E-state index contributed by atoms with van der Waals surface area (Å²) in [5, 5.41) is 6.22. The van der Waals surface area contributed by atoms with Gasteiger partial charge in [-0.15, -0.1) is 0 Å². The Labute approximate surface area is 113 Å². The van der Waals surface area contributed by atoms with Gasteiger partial charge in [-0.25, -0.2) is 0 Å². The lowest BCUT2D eigenvalue weighted by Crippen LogP contribution is -2.41. The van der Waals surface area contributed by atoms with E-state index in [0.717, 1.165) is 24.1 Å². The normalized spacial score (nSPS) is 28.6. The molecule has 2 bridgehead atoms. The molecule has 0 radical (unpaired) electrons. The maximum absolute atomic E-state index is 11.9. The summed E-state index contributed by atoms with van der Waals surface area (Å²) in [6.07, 6.45) is 4.09. The Morgan fingerprint density at radius 3 is 3.00 bits per heavy atom. The predicted octanol–water partition coefficient (Wildman–Crippen LogP) is 1.84. The van der Waals surface area contributed by atoms with Crippen LogP contribution in [0, 0.1) is 6.92 Å². The third-order valence-corrected chi connectivity index (χ3v) is 3.93. The van der Waals surface area contributed by atoms with Crippen molar-refractivity contribution in [3.8, 4) is 0 Å². The molecule has 4 heteroatoms. The molecule has 2 aliphatic heterocycles. The minimum atomic E-state index is 0.00775. The van der Waals surface area contributed by atoms with E-state index in [1.807, 2.05) is 31.2 Å². The summed E-state index contributed by atoms with van der Waals surface area (Å²) >= 11 is 0. The second-order valence-electron chi connectivity index (χ2n) is 5.51. The molecular weight excluding hydrogens is 240 g/mol. The van der Waals surface area contributed by atoms with E-state index in [2.05, 4.69) is 10.6 Å². The van der Waals surface area contributed by atoms with Gasteiger partial charge in [0.15, 0.2) is 0 Å². The zero-order chi connectivity index (χ0) is 13.2. The van der Waals surface area contributed by atoms with Gasteiger partial charge in [-0.3, -0.25) is 4.79 Å². The first-order valence-corrected chi connectivity index (χ1v) is 6.96. The van der Waals surface area contributed by atoms with Gasteiger partial charge in [0.05, 0.1) is 18.8 Å². The maximum atomic E-state index is 11.9. The first-order chi connectivity index (χ1) is 9.20. The molecule has 2 fully saturated rings. The first kappa shape index (κ1) is 12.6. The highest BCUT2D eigenvalue weighted by atomic mass is 16.5. The molecule has 0 saturated carbocycles. The van der Waals surface area contributed by atoms with Crippen LogP contribution in [0.5, 0.6) is 0 Å². The van der Waals surface area contributed by atoms with Gasteiger partial charge in [0, 0.05) is 11.7 Å². The largest absolute Gasteiger partial charge is 0.373 e. The molecular formula is C15H20N2O2. The monoisotopic (exact) mass is 260 g/mol. The lowest BCUT2D eigenvalue weighted by molar-refractivity contribution is -0.115. The Kier molecular flexibility index (Phi) is 3.53. The second kappa shape index (κ2) is 5.31. The summed E-state index contributed by atoms with van der Waals surface area (Å²) < 4.78 is 5.76. The third kappa shape index (κ3) is 2.96. The SMILES string of the molecule is Cc1cccc(NC(=O)CNC2CC3CCC2O3)c1. The number of hydrogen-bond donors (Lipinski definition) is 2. The van der Waals surface area contributed by atoms with Crippen LogP contribution in [0.2, 0.25) is 0 Å². The Hall–Kier alpha value is -1.39. The third-order valence-electron chi connectivity index (χ3n) is 3.93. The Morgan fingerprint density at radius 1 is 1.42 bits per heavy atom. The van der Waals surface area contributed by atoms with Gasteiger partial charge in [0.25, 0.3) is 0 Å². The number of nitrogens with one attached hydrogen (secondary N) is 2. The number of anilines is 1. The van der Waals surface area contributed by atoms with Crippen LogP contribution in [0.3, 0.4) is 0 Å². The minimum absolute atomic E-state index is 0.00775. The summed E-state index contributed by atoms with van der Waals surface area (Å²) in [6.45, 7) is 2.37. The van der Waals surface area contributed by atoms with Crippen LogP contribution in [-0.2, 0) is 9.53 Å². The van der Waals surface area contributed by atoms with E-state index in [0.29, 0.717) is 24.8 Å². The number of amides is 1. The van der Waals surface area contributed by atoms with E-state index < -0.39 is 0 Å². The second-order valence-corrected chi connectivity index (χ2v) is 5.51. The fourth-order valence-electron chi connectivity index (χ4n) is 3.00. The molecule has 3 unspecified atom stereocenters. The molecule has 2 heterocycles. The summed E-state index contributed by atoms with van der Waals surface area (Å²) in [7, 11) is 0. The van der Waals surface area contributed by atoms with Crippen LogP contribution in [0.25, 0.3) is 0 Å². The highest BCUT2D eigenvalue weighted by Crippen LogP contribution is 2.34. The van der Waals surface area contributed by atoms with Crippen molar-refractivity contribution in [2.24, 2.45) is 0 Å². The number of ether oxygens (including phenoxy) is 1. The molecule has 0 aliphatic carbocycles. The van der Waals surface area contributed by atoms with E-state index in [4.69, 9.17) is 4.74 Å². The quantitative estimate of drug-likeness (QED) is 0.868. The first-order valence-electron chi connectivity index (χ1n) is 6.96. The Morgan fingerprint density at radius 2 is 2.32 bits per heavy atom. The zero-order valence-electron chi connectivity index (χ0n) is 11.2. The van der Waals surface area contributed by atoms with Crippen LogP contribution in [-0.4, -0.2) is 30.7 Å². The molecule has 3 atom stereocenters. The lowest BCUT2D eigenvalue weighted by atomic mass is 9.95. The van der Waals surface area contributed by atoms with Crippen LogP contribution in [0.1, 0.15) is 24.8 Å². The molecule has 4 nitrogen and oxygen atoms in total. The van der Waals surface area contributed by atoms with E-state index in [9.17, 15) is 4.79 Å². The molecule has 2 aliphatic rings. The van der Waals surface area contributed by atoms with Crippen molar-refractivity contribution in [1.82, 2.24) is 5.32 Å². The number of carbonyl (C=O) groups is 1. The highest BCUT2D eigenvalue weighted by molar-refractivity contribution is 5.92. The number of fused-ring (bicyclic) bond motifs is 2. The number of benzene rings is 1. The van der Waals surface area contributed by atoms with Crippen molar-refractivity contribution in [3.63, 3.8) is 0 Å². The van der Waals surface area contributed by atoms with E-state index in [-0.39, 0.29) is 5.91 Å². The fraction of sp³-hybridized carbons (Fsp3) is 0.533. The molecule has 2 saturated heterocycles. The average Bonchev–Trinajstić information content (AvgIpc) is 2.98. The number of aryl methyl sites for hydroxylation is 1. The van der Waals surface area contributed by atoms with Gasteiger partial charge in [-0.05, 0) is 43.9 Å². The van der Waals surface area contributed by atoms with Crippen molar-refractivity contribution in [2.45, 2.75) is 44.4 Å². The molecule has 0 spiro atoms. The summed E-state index contributed by atoms with van der Waals surface area (Å²) in [5.41, 5.74) is 2.00. The molecule has 19 heavy (non-hydrogen) atoms. The van der Waals surface area contributed by atoms with Crippen molar-refractivity contribution in [1.29, 1.82) is 0 Å². The molecule has 1 amide bonds. The van der Waals surface area contributed by atoms with Crippen molar-refractivity contribution < 1.29 is 9.53 Å². The van der Waals surface area contributed by atoms with Gasteiger partial charge < -0.3 is 15.4 Å². The molecule has 102 valence electrons. The van der Waals surface area contributed by atoms with Crippen LogP contribution < -0.4 is 10.6 Å². The van der Waals surface area contributed by atoms with Crippen molar-refractivity contribution >= 4 is 11.6 Å². The summed E-state index contributed by atoms with van der Waals surface area (Å²) in [4.78, 5) is 11.9. The Bertz CT molecular complexity index is 475. The van der Waals surface area contributed by atoms with E-state index in [1.165, 1.54) is 6.42 Å². The zero-order valence-corrected chi connectivity index (χ0v) is 11.2. The smallest absolute Gasteiger partial charge is 0.238 e. The highest BCUT2D eigenvalue weighted by Gasteiger charge is 2.40. The number of rotatable bonds is 4. The Balaban J connectivity index is 1.47. The van der Waals surface area contributed by atoms with Gasteiger partial charge in [-0.2, -0.15) is 0 Å². The van der Waals surface area contributed by atoms with Crippen LogP contribution >= 0.6 is 0 Å². The lowest BCUT2D eigenvalue weighted by Gasteiger charge is -2.19. The topological polar surface area (TPSA) is 50.4 Å². The average molecular weight is 260 g/mol. The predicted molar refractivity (Wildman–Crippen MR) is 74.1 cm³/mol. The fourth-order valence-corrected chi connectivity index (χ4v) is 3.00. The maximum Gasteiger partial charge on any atom is 0.238 e. The summed E-state index contributed by atoms with van der Waals surface area (Å²) in [5.74, 6) is 0.00775. The molecule has 2 N–H and O–H groups in total. The number of carbonyl (C=O) groups excluding carboxylic acids is 1. The standard InChI is InChI=1S/C15H20N2O2/c1-10-3-2-4-11(7-10)17-15(18)9-16-13-8-12-5-6-14(13)19-12/h2-4,7,12-14,16H,5-6,8-9H2,1H3,(H,17,18). The van der Waals surface area contributed by atoms with Gasteiger partial charge >= 0.3 is 0 Å². The van der Waals surface area contributed by atoms with Crippen LogP contribution in [0.15, 0.2) is 24.3 Å². The number of hydrogen-bond acceptors (Lipinski definition) is 3. The van der Waals surface area contributed by atoms with E-state index in [1.54, 1.807) is 0 Å². The molecule has 1 aromatic carbocycles. The van der Waals surface area contributed by atoms with Gasteiger partial charge in [0.1, 0.15) is 0 Å². The van der Waals surface area contributed by atoms with Gasteiger partial charge in [-0.1, -0.05) is 12.1 Å². The van der Waals surface area contributed by atoms with Crippen LogP contribution in [0.4, 0.5) is 5.69 Å². The molecule has 3 rings (SSSR count). The minimum Gasteiger partial charge on any atom is -0.373 e. The summed E-state index contributed by atoms with van der Waals surface area (Å²) in [6, 6.07) is 8.19. The van der Waals surface area contributed by atoms with E-state index >= 15 is 0 Å². The van der Waals surface area contributed by atoms with Crippen molar-refractivity contribution in [3.05, 3.63) is 29.8 Å².